The molecule has 2 amide bonds. The topological polar surface area (TPSA) is 60.9 Å². The van der Waals surface area contributed by atoms with Crippen molar-refractivity contribution in [1.29, 1.82) is 0 Å². The molecule has 0 spiro atoms. The van der Waals surface area contributed by atoms with E-state index in [1.807, 2.05) is 0 Å². The second-order valence-corrected chi connectivity index (χ2v) is 7.03. The van der Waals surface area contributed by atoms with Crippen LogP contribution in [-0.2, 0) is 4.79 Å². The van der Waals surface area contributed by atoms with Gasteiger partial charge in [-0.05, 0) is 24.7 Å². The number of rotatable bonds is 4. The highest BCUT2D eigenvalue weighted by molar-refractivity contribution is 8.00. The van der Waals surface area contributed by atoms with Gasteiger partial charge >= 0.3 is 12.0 Å². The summed E-state index contributed by atoms with van der Waals surface area (Å²) in [6, 6.07) is -0.805. The maximum Gasteiger partial charge on any atom is 0.327 e. The molecule has 2 atom stereocenters. The summed E-state index contributed by atoms with van der Waals surface area (Å²) < 4.78 is 0. The zero-order valence-corrected chi connectivity index (χ0v) is 12.5. The zero-order valence-electron chi connectivity index (χ0n) is 11.7. The van der Waals surface area contributed by atoms with E-state index >= 15 is 0 Å². The summed E-state index contributed by atoms with van der Waals surface area (Å²) in [7, 11) is 1.76. The van der Waals surface area contributed by atoms with Crippen molar-refractivity contribution in [2.24, 2.45) is 11.8 Å². The van der Waals surface area contributed by atoms with Gasteiger partial charge in [-0.3, -0.25) is 4.90 Å². The quantitative estimate of drug-likeness (QED) is 0.858. The third kappa shape index (κ3) is 3.16. The Kier molecular flexibility index (Phi) is 4.28. The van der Waals surface area contributed by atoms with E-state index in [9.17, 15) is 14.7 Å². The number of amides is 2. The number of aliphatic carboxylic acids is 1. The van der Waals surface area contributed by atoms with Crippen molar-refractivity contribution in [1.82, 2.24) is 9.80 Å². The summed E-state index contributed by atoms with van der Waals surface area (Å²) in [5, 5.41) is 9.35. The highest BCUT2D eigenvalue weighted by Gasteiger charge is 2.48. The molecular formula is C13H22N2O3S. The number of hydrogen-bond donors (Lipinski definition) is 1. The van der Waals surface area contributed by atoms with Crippen LogP contribution in [-0.4, -0.2) is 57.7 Å². The van der Waals surface area contributed by atoms with Gasteiger partial charge in [-0.2, -0.15) is 0 Å². The van der Waals surface area contributed by atoms with Crippen LogP contribution >= 0.6 is 11.8 Å². The average Bonchev–Trinajstić information content (AvgIpc) is 3.05. The monoisotopic (exact) mass is 286 g/mol. The molecule has 0 aromatic rings. The molecule has 2 unspecified atom stereocenters. The van der Waals surface area contributed by atoms with Crippen LogP contribution in [0, 0.1) is 11.8 Å². The standard InChI is InChI=1S/C13H22N2O3S/c1-8(2)6-14(3)13(18)15-10(12(16)17)7-19-11(15)9-4-5-9/h8-11H,4-7H2,1-3H3,(H,16,17). The Labute approximate surface area is 118 Å². The maximum atomic E-state index is 12.5. The van der Waals surface area contributed by atoms with Crippen molar-refractivity contribution in [2.45, 2.75) is 38.1 Å². The fourth-order valence-corrected chi connectivity index (χ4v) is 4.15. The van der Waals surface area contributed by atoms with Gasteiger partial charge in [0.1, 0.15) is 6.04 Å². The van der Waals surface area contributed by atoms with Gasteiger partial charge in [0, 0.05) is 19.3 Å². The highest BCUT2D eigenvalue weighted by Crippen LogP contribution is 2.45. The number of carboxylic acid groups (broad SMARTS) is 1. The lowest BCUT2D eigenvalue weighted by Gasteiger charge is -2.32. The number of thioether (sulfide) groups is 1. The van der Waals surface area contributed by atoms with Crippen LogP contribution in [0.5, 0.6) is 0 Å². The summed E-state index contributed by atoms with van der Waals surface area (Å²) in [4.78, 5) is 27.1. The molecule has 2 fully saturated rings. The van der Waals surface area contributed by atoms with Gasteiger partial charge < -0.3 is 10.0 Å². The minimum Gasteiger partial charge on any atom is -0.480 e. The van der Waals surface area contributed by atoms with Crippen LogP contribution < -0.4 is 0 Å². The third-order valence-electron chi connectivity index (χ3n) is 3.53. The van der Waals surface area contributed by atoms with E-state index in [1.54, 1.807) is 28.6 Å². The molecule has 108 valence electrons. The van der Waals surface area contributed by atoms with E-state index in [4.69, 9.17) is 0 Å². The lowest BCUT2D eigenvalue weighted by Crippen LogP contribution is -2.51. The molecule has 1 heterocycles. The van der Waals surface area contributed by atoms with Gasteiger partial charge in [0.25, 0.3) is 0 Å². The number of hydrogen-bond acceptors (Lipinski definition) is 3. The van der Waals surface area contributed by atoms with E-state index in [1.165, 1.54) is 0 Å². The predicted octanol–water partition coefficient (Wildman–Crippen LogP) is 1.93. The number of carbonyl (C=O) groups excluding carboxylic acids is 1. The number of carboxylic acids is 1. The molecule has 2 rings (SSSR count). The van der Waals surface area contributed by atoms with Gasteiger partial charge in [-0.25, -0.2) is 9.59 Å². The second-order valence-electron chi connectivity index (χ2n) is 5.88. The van der Waals surface area contributed by atoms with Crippen LogP contribution in [0.25, 0.3) is 0 Å². The van der Waals surface area contributed by atoms with Gasteiger partial charge in [-0.1, -0.05) is 13.8 Å². The number of nitrogens with zero attached hydrogens (tertiary/aromatic N) is 2. The van der Waals surface area contributed by atoms with E-state index in [2.05, 4.69) is 13.8 Å². The summed E-state index contributed by atoms with van der Waals surface area (Å²) in [5.74, 6) is 0.497. The van der Waals surface area contributed by atoms with Crippen LogP contribution in [0.2, 0.25) is 0 Å². The van der Waals surface area contributed by atoms with Crippen LogP contribution in [0.4, 0.5) is 4.79 Å². The lowest BCUT2D eigenvalue weighted by molar-refractivity contribution is -0.141. The largest absolute Gasteiger partial charge is 0.480 e. The third-order valence-corrected chi connectivity index (χ3v) is 4.99. The van der Waals surface area contributed by atoms with Crippen molar-refractivity contribution in [3.05, 3.63) is 0 Å². The van der Waals surface area contributed by atoms with Crippen molar-refractivity contribution in [2.75, 3.05) is 19.3 Å². The first-order chi connectivity index (χ1) is 8.91. The average molecular weight is 286 g/mol. The van der Waals surface area contributed by atoms with E-state index in [0.29, 0.717) is 24.1 Å². The molecule has 6 heteroatoms. The Morgan fingerprint density at radius 2 is 2.05 bits per heavy atom. The minimum atomic E-state index is -0.887. The Morgan fingerprint density at radius 1 is 1.42 bits per heavy atom. The molecule has 1 saturated carbocycles. The minimum absolute atomic E-state index is 0.0585. The molecule has 0 aromatic heterocycles. The number of urea groups is 1. The maximum absolute atomic E-state index is 12.5. The smallest absolute Gasteiger partial charge is 0.327 e. The van der Waals surface area contributed by atoms with Crippen molar-refractivity contribution < 1.29 is 14.7 Å². The molecule has 0 radical (unpaired) electrons. The Morgan fingerprint density at radius 3 is 2.53 bits per heavy atom. The molecule has 2 aliphatic rings. The highest BCUT2D eigenvalue weighted by atomic mass is 32.2. The SMILES string of the molecule is CC(C)CN(C)C(=O)N1C(C(=O)O)CSC1C1CC1. The van der Waals surface area contributed by atoms with E-state index in [-0.39, 0.29) is 11.4 Å². The molecule has 1 saturated heterocycles. The Balaban J connectivity index is 2.11. The van der Waals surface area contributed by atoms with Gasteiger partial charge in [0.05, 0.1) is 5.37 Å². The fraction of sp³-hybridized carbons (Fsp3) is 0.846. The van der Waals surface area contributed by atoms with Gasteiger partial charge in [0.2, 0.25) is 0 Å². The molecule has 19 heavy (non-hydrogen) atoms. The summed E-state index contributed by atoms with van der Waals surface area (Å²) in [6.07, 6.45) is 2.23. The molecular weight excluding hydrogens is 264 g/mol. The molecule has 5 nitrogen and oxygen atoms in total. The summed E-state index contributed by atoms with van der Waals surface area (Å²) >= 11 is 1.62. The predicted molar refractivity (Wildman–Crippen MR) is 75.1 cm³/mol. The first-order valence-electron chi connectivity index (χ1n) is 6.79. The first-order valence-corrected chi connectivity index (χ1v) is 7.84. The second kappa shape index (κ2) is 5.61. The molecule has 1 aliphatic carbocycles. The van der Waals surface area contributed by atoms with Crippen LogP contribution in [0.3, 0.4) is 0 Å². The lowest BCUT2D eigenvalue weighted by atomic mass is 10.2. The Hall–Kier alpha value is -0.910. The fourth-order valence-electron chi connectivity index (χ4n) is 2.53. The van der Waals surface area contributed by atoms with Crippen LogP contribution in [0.1, 0.15) is 26.7 Å². The van der Waals surface area contributed by atoms with Crippen LogP contribution in [0.15, 0.2) is 0 Å². The van der Waals surface area contributed by atoms with Crippen molar-refractivity contribution in [3.63, 3.8) is 0 Å². The summed E-state index contributed by atoms with van der Waals surface area (Å²) in [5.41, 5.74) is 0. The van der Waals surface area contributed by atoms with E-state index < -0.39 is 12.0 Å². The zero-order chi connectivity index (χ0) is 14.2. The summed E-state index contributed by atoms with van der Waals surface area (Å²) in [6.45, 7) is 4.76. The van der Waals surface area contributed by atoms with Gasteiger partial charge in [0.15, 0.2) is 0 Å². The van der Waals surface area contributed by atoms with E-state index in [0.717, 1.165) is 12.8 Å². The molecule has 1 aliphatic heterocycles. The van der Waals surface area contributed by atoms with Crippen molar-refractivity contribution >= 4 is 23.8 Å². The first kappa shape index (κ1) is 14.5. The number of carbonyl (C=O) groups is 2. The van der Waals surface area contributed by atoms with Gasteiger partial charge in [-0.15, -0.1) is 11.8 Å². The molecule has 0 aromatic carbocycles. The molecule has 0 bridgehead atoms. The Bertz CT molecular complexity index is 371. The normalized spacial score (nSPS) is 26.8. The van der Waals surface area contributed by atoms with Crippen molar-refractivity contribution in [3.8, 4) is 0 Å². The molecule has 1 N–H and O–H groups in total.